The Morgan fingerprint density at radius 1 is 0.941 bits per heavy atom. The zero-order valence-corrected chi connectivity index (χ0v) is 9.39. The summed E-state index contributed by atoms with van der Waals surface area (Å²) in [7, 11) is 0. The summed E-state index contributed by atoms with van der Waals surface area (Å²) in [6, 6.07) is 19.4. The molecule has 3 rings (SSSR count). The predicted molar refractivity (Wildman–Crippen MR) is 66.9 cm³/mol. The maximum Gasteiger partial charge on any atom is 0.188 e. The average molecular weight is 223 g/mol. The summed E-state index contributed by atoms with van der Waals surface area (Å²) >= 11 is 0. The number of hydrogen-bond donors (Lipinski definition) is 1. The lowest BCUT2D eigenvalue weighted by molar-refractivity contribution is 0.0944. The first-order chi connectivity index (χ1) is 8.33. The van der Waals surface area contributed by atoms with Gasteiger partial charge in [0.15, 0.2) is 5.78 Å². The highest BCUT2D eigenvalue weighted by molar-refractivity contribution is 6.06. The zero-order chi connectivity index (χ0) is 11.7. The summed E-state index contributed by atoms with van der Waals surface area (Å²) in [5.41, 5.74) is 1.33. The number of ketones is 1. The van der Waals surface area contributed by atoms with Gasteiger partial charge in [-0.15, -0.1) is 0 Å². The molecule has 0 aliphatic carbocycles. The Labute approximate surface area is 100 Å². The molecule has 2 heteroatoms. The van der Waals surface area contributed by atoms with Crippen LogP contribution in [0.5, 0.6) is 0 Å². The fraction of sp³-hybridized carbons (Fsp3) is 0.133. The molecule has 1 saturated heterocycles. The van der Waals surface area contributed by atoms with Crippen molar-refractivity contribution in [2.24, 2.45) is 0 Å². The van der Waals surface area contributed by atoms with Gasteiger partial charge in [0.1, 0.15) is 5.54 Å². The Morgan fingerprint density at radius 2 is 1.47 bits per heavy atom. The largest absolute Gasteiger partial charge is 0.297 e. The van der Waals surface area contributed by atoms with Gasteiger partial charge < -0.3 is 0 Å². The minimum Gasteiger partial charge on any atom is -0.297 e. The molecule has 1 aliphatic rings. The van der Waals surface area contributed by atoms with E-state index in [0.29, 0.717) is 0 Å². The van der Waals surface area contributed by atoms with Gasteiger partial charge in [-0.2, -0.15) is 0 Å². The molecule has 0 bridgehead atoms. The molecule has 1 unspecified atom stereocenters. The van der Waals surface area contributed by atoms with Crippen LogP contribution in [0.4, 0.5) is 0 Å². The molecule has 17 heavy (non-hydrogen) atoms. The van der Waals surface area contributed by atoms with Gasteiger partial charge in [-0.05, 0) is 5.56 Å². The lowest BCUT2D eigenvalue weighted by atomic mass is 9.90. The molecular formula is C15H13NO. The van der Waals surface area contributed by atoms with Crippen molar-refractivity contribution in [1.82, 2.24) is 5.32 Å². The molecule has 0 radical (unpaired) electrons. The van der Waals surface area contributed by atoms with Gasteiger partial charge in [0.2, 0.25) is 0 Å². The zero-order valence-electron chi connectivity index (χ0n) is 9.39. The van der Waals surface area contributed by atoms with Gasteiger partial charge in [0.25, 0.3) is 0 Å². The smallest absolute Gasteiger partial charge is 0.188 e. The summed E-state index contributed by atoms with van der Waals surface area (Å²) in [6.07, 6.45) is 0. The van der Waals surface area contributed by atoms with E-state index in [-0.39, 0.29) is 5.78 Å². The first kappa shape index (κ1) is 10.2. The second-order valence-electron chi connectivity index (χ2n) is 4.32. The van der Waals surface area contributed by atoms with Gasteiger partial charge in [-0.1, -0.05) is 60.7 Å². The van der Waals surface area contributed by atoms with E-state index in [4.69, 9.17) is 0 Å². The third kappa shape index (κ3) is 1.67. The van der Waals surface area contributed by atoms with Crippen LogP contribution in [0.2, 0.25) is 0 Å². The third-order valence-electron chi connectivity index (χ3n) is 3.22. The number of nitrogens with one attached hydrogen (secondary N) is 1. The van der Waals surface area contributed by atoms with E-state index in [1.165, 1.54) is 0 Å². The van der Waals surface area contributed by atoms with E-state index in [0.717, 1.165) is 17.7 Å². The molecule has 1 fully saturated rings. The van der Waals surface area contributed by atoms with E-state index < -0.39 is 5.54 Å². The van der Waals surface area contributed by atoms with Gasteiger partial charge in [-0.3, -0.25) is 10.1 Å². The molecule has 1 N–H and O–H groups in total. The Kier molecular flexibility index (Phi) is 2.30. The molecule has 84 valence electrons. The summed E-state index contributed by atoms with van der Waals surface area (Å²) in [5.74, 6) is 0.157. The first-order valence-corrected chi connectivity index (χ1v) is 5.73. The van der Waals surface area contributed by atoms with Gasteiger partial charge in [0.05, 0.1) is 0 Å². The summed E-state index contributed by atoms with van der Waals surface area (Å²) in [4.78, 5) is 12.5. The van der Waals surface area contributed by atoms with Crippen LogP contribution in [0.25, 0.3) is 0 Å². The molecule has 1 aliphatic heterocycles. The number of rotatable bonds is 3. The molecular weight excluding hydrogens is 210 g/mol. The van der Waals surface area contributed by atoms with Crippen LogP contribution in [0, 0.1) is 0 Å². The first-order valence-electron chi connectivity index (χ1n) is 5.73. The molecule has 0 aromatic heterocycles. The van der Waals surface area contributed by atoms with E-state index in [1.54, 1.807) is 0 Å². The van der Waals surface area contributed by atoms with Gasteiger partial charge in [0, 0.05) is 12.1 Å². The maximum atomic E-state index is 12.5. The second-order valence-corrected chi connectivity index (χ2v) is 4.32. The van der Waals surface area contributed by atoms with E-state index in [9.17, 15) is 4.79 Å². The molecule has 2 aromatic rings. The van der Waals surface area contributed by atoms with E-state index >= 15 is 0 Å². The van der Waals surface area contributed by atoms with E-state index in [2.05, 4.69) is 5.32 Å². The standard InChI is InChI=1S/C15H13NO/c17-14(12-7-3-1-4-8-12)15(11-16-15)13-9-5-2-6-10-13/h1-10,16H,11H2. The number of carbonyl (C=O) groups excluding carboxylic acids is 1. The Hall–Kier alpha value is -1.93. The van der Waals surface area contributed by atoms with Gasteiger partial charge in [-0.25, -0.2) is 0 Å². The Balaban J connectivity index is 1.98. The van der Waals surface area contributed by atoms with Crippen LogP contribution >= 0.6 is 0 Å². The maximum absolute atomic E-state index is 12.5. The average Bonchev–Trinajstić information content (AvgIpc) is 3.21. The van der Waals surface area contributed by atoms with Crippen molar-refractivity contribution >= 4 is 5.78 Å². The molecule has 0 saturated carbocycles. The van der Waals surface area contributed by atoms with Crippen LogP contribution in [-0.2, 0) is 5.54 Å². The van der Waals surface area contributed by atoms with Crippen molar-refractivity contribution in [3.63, 3.8) is 0 Å². The Bertz CT molecular complexity index is 529. The molecule has 2 nitrogen and oxygen atoms in total. The summed E-state index contributed by atoms with van der Waals surface area (Å²) in [6.45, 7) is 0.727. The van der Waals surface area contributed by atoms with Crippen molar-refractivity contribution in [2.45, 2.75) is 5.54 Å². The van der Waals surface area contributed by atoms with Crippen molar-refractivity contribution in [1.29, 1.82) is 0 Å². The highest BCUT2D eigenvalue weighted by Gasteiger charge is 2.50. The SMILES string of the molecule is O=C(c1ccccc1)C1(c2ccccc2)CN1. The number of benzene rings is 2. The topological polar surface area (TPSA) is 39.0 Å². The predicted octanol–water partition coefficient (Wildman–Crippen LogP) is 2.37. The van der Waals surface area contributed by atoms with Crippen LogP contribution in [0.1, 0.15) is 15.9 Å². The monoisotopic (exact) mass is 223 g/mol. The van der Waals surface area contributed by atoms with Crippen molar-refractivity contribution in [3.8, 4) is 0 Å². The van der Waals surface area contributed by atoms with Crippen LogP contribution < -0.4 is 5.32 Å². The molecule has 1 atom stereocenters. The third-order valence-corrected chi connectivity index (χ3v) is 3.22. The quantitative estimate of drug-likeness (QED) is 0.641. The minimum absolute atomic E-state index is 0.157. The highest BCUT2D eigenvalue weighted by atomic mass is 16.1. The van der Waals surface area contributed by atoms with E-state index in [1.807, 2.05) is 60.7 Å². The van der Waals surface area contributed by atoms with Crippen molar-refractivity contribution in [2.75, 3.05) is 6.54 Å². The molecule has 0 spiro atoms. The molecule has 2 aromatic carbocycles. The lowest BCUT2D eigenvalue weighted by Gasteiger charge is -2.12. The highest BCUT2D eigenvalue weighted by Crippen LogP contribution is 2.34. The minimum atomic E-state index is -0.484. The fourth-order valence-corrected chi connectivity index (χ4v) is 2.14. The lowest BCUT2D eigenvalue weighted by Crippen LogP contribution is -2.25. The summed E-state index contributed by atoms with van der Waals surface area (Å²) < 4.78 is 0. The van der Waals surface area contributed by atoms with Gasteiger partial charge >= 0.3 is 0 Å². The fourth-order valence-electron chi connectivity index (χ4n) is 2.14. The number of hydrogen-bond acceptors (Lipinski definition) is 2. The van der Waals surface area contributed by atoms with Crippen LogP contribution in [0.15, 0.2) is 60.7 Å². The van der Waals surface area contributed by atoms with Crippen LogP contribution in [-0.4, -0.2) is 12.3 Å². The van der Waals surface area contributed by atoms with Crippen LogP contribution in [0.3, 0.4) is 0 Å². The molecule has 1 heterocycles. The number of Topliss-reactive ketones (excluding diaryl/α,β-unsaturated/α-hetero) is 1. The van der Waals surface area contributed by atoms with Crippen molar-refractivity contribution < 1.29 is 4.79 Å². The van der Waals surface area contributed by atoms with Crippen molar-refractivity contribution in [3.05, 3.63) is 71.8 Å². The Morgan fingerprint density at radius 3 is 2.00 bits per heavy atom. The normalized spacial score (nSPS) is 22.1. The molecule has 0 amide bonds. The second kappa shape index (κ2) is 3.82. The summed E-state index contributed by atoms with van der Waals surface area (Å²) in [5, 5.41) is 3.21. The number of carbonyl (C=O) groups is 1.